The number of hydrogen-bond donors (Lipinski definition) is 0. The van der Waals surface area contributed by atoms with Gasteiger partial charge in [0.15, 0.2) is 23.3 Å². The highest BCUT2D eigenvalue weighted by atomic mass is 19.2. The topological polar surface area (TPSA) is 26.3 Å². The number of halogens is 4. The Kier molecular flexibility index (Phi) is 4.31. The van der Waals surface area contributed by atoms with Crippen molar-refractivity contribution in [3.63, 3.8) is 0 Å². The third kappa shape index (κ3) is 2.74. The van der Waals surface area contributed by atoms with E-state index < -0.39 is 47.3 Å². The van der Waals surface area contributed by atoms with Gasteiger partial charge in [-0.25, -0.2) is 17.6 Å². The second-order valence-corrected chi connectivity index (χ2v) is 5.91. The van der Waals surface area contributed by atoms with Gasteiger partial charge < -0.3 is 4.74 Å². The lowest BCUT2D eigenvalue weighted by molar-refractivity contribution is -0.147. The standard InChI is InChI=1S/C16H16F4O2/c1-4-5-9-12(16(9,2)3)15(21)22-7-8-13(19)10(17)6-11(18)14(8)20/h4-6,9,12H,7H2,1-3H3/b5-4-/t9-,12+/m1/s1. The zero-order valence-corrected chi connectivity index (χ0v) is 12.4. The van der Waals surface area contributed by atoms with Gasteiger partial charge in [-0.05, 0) is 18.3 Å². The van der Waals surface area contributed by atoms with Crippen LogP contribution in [-0.4, -0.2) is 5.97 Å². The van der Waals surface area contributed by atoms with Crippen LogP contribution in [0.5, 0.6) is 0 Å². The fraction of sp³-hybridized carbons (Fsp3) is 0.438. The molecule has 6 heteroatoms. The molecule has 1 fully saturated rings. The maximum atomic E-state index is 13.5. The molecule has 0 aliphatic heterocycles. The van der Waals surface area contributed by atoms with Crippen molar-refractivity contribution < 1.29 is 27.1 Å². The Morgan fingerprint density at radius 3 is 2.27 bits per heavy atom. The molecule has 2 atom stereocenters. The van der Waals surface area contributed by atoms with E-state index in [4.69, 9.17) is 4.74 Å². The Morgan fingerprint density at radius 2 is 1.77 bits per heavy atom. The van der Waals surface area contributed by atoms with Crippen molar-refractivity contribution in [2.45, 2.75) is 27.4 Å². The maximum Gasteiger partial charge on any atom is 0.310 e. The fourth-order valence-electron chi connectivity index (χ4n) is 2.68. The Bertz CT molecular complexity index is 611. The number of allylic oxidation sites excluding steroid dienone is 2. The summed E-state index contributed by atoms with van der Waals surface area (Å²) in [6.07, 6.45) is 3.66. The van der Waals surface area contributed by atoms with Gasteiger partial charge in [0.25, 0.3) is 0 Å². The lowest BCUT2D eigenvalue weighted by atomic mass is 10.1. The summed E-state index contributed by atoms with van der Waals surface area (Å²) in [7, 11) is 0. The quantitative estimate of drug-likeness (QED) is 0.361. The van der Waals surface area contributed by atoms with E-state index in [1.165, 1.54) is 0 Å². The van der Waals surface area contributed by atoms with Crippen LogP contribution >= 0.6 is 0 Å². The van der Waals surface area contributed by atoms with Crippen molar-refractivity contribution in [2.24, 2.45) is 17.3 Å². The second-order valence-electron chi connectivity index (χ2n) is 5.91. The SMILES string of the molecule is C/C=C\[C@@H]1[C@@H](C(=O)OCc2c(F)c(F)cc(F)c2F)C1(C)C. The molecule has 0 saturated heterocycles. The number of rotatable bonds is 4. The van der Waals surface area contributed by atoms with Crippen LogP contribution in [0, 0.1) is 40.5 Å². The lowest BCUT2D eigenvalue weighted by Gasteiger charge is -2.09. The van der Waals surface area contributed by atoms with Crippen molar-refractivity contribution in [1.82, 2.24) is 0 Å². The van der Waals surface area contributed by atoms with E-state index >= 15 is 0 Å². The predicted octanol–water partition coefficient (Wildman–Crippen LogP) is 4.13. The van der Waals surface area contributed by atoms with Crippen LogP contribution in [0.25, 0.3) is 0 Å². The molecular formula is C16H16F4O2. The van der Waals surface area contributed by atoms with Gasteiger partial charge >= 0.3 is 5.97 Å². The average molecular weight is 316 g/mol. The van der Waals surface area contributed by atoms with Crippen molar-refractivity contribution in [1.29, 1.82) is 0 Å². The smallest absolute Gasteiger partial charge is 0.310 e. The molecular weight excluding hydrogens is 300 g/mol. The van der Waals surface area contributed by atoms with E-state index in [1.54, 1.807) is 6.08 Å². The molecule has 120 valence electrons. The summed E-state index contributed by atoms with van der Waals surface area (Å²) in [4.78, 5) is 12.0. The molecule has 0 N–H and O–H groups in total. The molecule has 1 saturated carbocycles. The summed E-state index contributed by atoms with van der Waals surface area (Å²) in [5, 5.41) is 0. The molecule has 2 rings (SSSR count). The molecule has 1 aromatic carbocycles. The molecule has 0 heterocycles. The van der Waals surface area contributed by atoms with Gasteiger partial charge in [0.05, 0.1) is 11.5 Å². The number of carbonyl (C=O) groups excluding carboxylic acids is 1. The van der Waals surface area contributed by atoms with Crippen molar-refractivity contribution >= 4 is 5.97 Å². The third-order valence-electron chi connectivity index (χ3n) is 4.13. The van der Waals surface area contributed by atoms with Gasteiger partial charge in [0, 0.05) is 6.07 Å². The van der Waals surface area contributed by atoms with Gasteiger partial charge in [0.2, 0.25) is 0 Å². The Balaban J connectivity index is 2.10. The summed E-state index contributed by atoms with van der Waals surface area (Å²) in [6.45, 7) is 4.70. The largest absolute Gasteiger partial charge is 0.460 e. The van der Waals surface area contributed by atoms with Gasteiger partial charge in [-0.15, -0.1) is 0 Å². The molecule has 1 aliphatic carbocycles. The number of carbonyl (C=O) groups is 1. The first-order valence-corrected chi connectivity index (χ1v) is 6.83. The molecule has 2 nitrogen and oxygen atoms in total. The summed E-state index contributed by atoms with van der Waals surface area (Å²) < 4.78 is 57.9. The van der Waals surface area contributed by atoms with E-state index in [0.29, 0.717) is 0 Å². The van der Waals surface area contributed by atoms with E-state index in [0.717, 1.165) is 0 Å². The molecule has 0 aromatic heterocycles. The van der Waals surface area contributed by atoms with Crippen LogP contribution in [0.15, 0.2) is 18.2 Å². The first-order chi connectivity index (χ1) is 10.2. The highest BCUT2D eigenvalue weighted by Crippen LogP contribution is 2.59. The molecule has 0 spiro atoms. The zero-order chi connectivity index (χ0) is 16.7. The zero-order valence-electron chi connectivity index (χ0n) is 12.4. The van der Waals surface area contributed by atoms with Crippen LogP contribution in [0.2, 0.25) is 0 Å². The van der Waals surface area contributed by atoms with Crippen LogP contribution < -0.4 is 0 Å². The van der Waals surface area contributed by atoms with Crippen LogP contribution in [0.3, 0.4) is 0 Å². The monoisotopic (exact) mass is 316 g/mol. The normalized spacial score (nSPS) is 22.9. The molecule has 22 heavy (non-hydrogen) atoms. The number of esters is 1. The van der Waals surface area contributed by atoms with E-state index in [-0.39, 0.29) is 17.4 Å². The molecule has 0 amide bonds. The summed E-state index contributed by atoms with van der Waals surface area (Å²) >= 11 is 0. The fourth-order valence-corrected chi connectivity index (χ4v) is 2.68. The van der Waals surface area contributed by atoms with Gasteiger partial charge in [-0.3, -0.25) is 4.79 Å². The number of hydrogen-bond acceptors (Lipinski definition) is 2. The van der Waals surface area contributed by atoms with Crippen molar-refractivity contribution in [3.8, 4) is 0 Å². The third-order valence-corrected chi connectivity index (χ3v) is 4.13. The van der Waals surface area contributed by atoms with Crippen LogP contribution in [0.1, 0.15) is 26.3 Å². The van der Waals surface area contributed by atoms with E-state index in [9.17, 15) is 22.4 Å². The maximum absolute atomic E-state index is 13.5. The van der Waals surface area contributed by atoms with Gasteiger partial charge in [-0.2, -0.15) is 0 Å². The van der Waals surface area contributed by atoms with Gasteiger partial charge in [-0.1, -0.05) is 26.0 Å². The molecule has 0 unspecified atom stereocenters. The lowest BCUT2D eigenvalue weighted by Crippen LogP contribution is -2.13. The molecule has 1 aliphatic rings. The predicted molar refractivity (Wildman–Crippen MR) is 71.6 cm³/mol. The Hall–Kier alpha value is -1.85. The minimum absolute atomic E-state index is 0.0241. The van der Waals surface area contributed by atoms with Crippen molar-refractivity contribution in [2.75, 3.05) is 0 Å². The summed E-state index contributed by atoms with van der Waals surface area (Å²) in [5.74, 6) is -7.25. The van der Waals surface area contributed by atoms with Crippen molar-refractivity contribution in [3.05, 3.63) is 47.1 Å². The second kappa shape index (κ2) is 5.74. The molecule has 0 radical (unpaired) electrons. The highest BCUT2D eigenvalue weighted by Gasteiger charge is 2.61. The van der Waals surface area contributed by atoms with Crippen LogP contribution in [-0.2, 0) is 16.1 Å². The minimum Gasteiger partial charge on any atom is -0.460 e. The van der Waals surface area contributed by atoms with Gasteiger partial charge in [0.1, 0.15) is 6.61 Å². The summed E-state index contributed by atoms with van der Waals surface area (Å²) in [6, 6.07) is 0.113. The molecule has 1 aromatic rings. The average Bonchev–Trinajstić information content (AvgIpc) is 2.98. The first kappa shape index (κ1) is 16.5. The Labute approximate surface area is 125 Å². The number of benzene rings is 1. The van der Waals surface area contributed by atoms with Crippen LogP contribution in [0.4, 0.5) is 17.6 Å². The number of ether oxygens (including phenoxy) is 1. The van der Waals surface area contributed by atoms with E-state index in [1.807, 2.05) is 26.8 Å². The first-order valence-electron chi connectivity index (χ1n) is 6.83. The van der Waals surface area contributed by atoms with E-state index in [2.05, 4.69) is 0 Å². The molecule has 0 bridgehead atoms. The Morgan fingerprint density at radius 1 is 1.23 bits per heavy atom. The summed E-state index contributed by atoms with van der Waals surface area (Å²) in [5.41, 5.74) is -1.24. The minimum atomic E-state index is -1.55. The highest BCUT2D eigenvalue weighted by molar-refractivity contribution is 5.78.